The van der Waals surface area contributed by atoms with E-state index in [0.717, 1.165) is 5.56 Å². The lowest BCUT2D eigenvalue weighted by molar-refractivity contribution is -0.277. The summed E-state index contributed by atoms with van der Waals surface area (Å²) in [7, 11) is 1.56. The number of aliphatic hydroxyl groups excluding tert-OH is 5. The molecule has 2 aromatic rings. The summed E-state index contributed by atoms with van der Waals surface area (Å²) in [5, 5.41) is 50.0. The monoisotopic (exact) mass is 434 g/mol. The SMILES string of the molecule is COC1c2ccc(O[C@@H]3O[C@H](CO)[C@@H](O)[C@H](O)[C@H]3O)cc2OC(O)C1c1ccccc1. The minimum absolute atomic E-state index is 0.239. The predicted molar refractivity (Wildman–Crippen MR) is 106 cm³/mol. The van der Waals surface area contributed by atoms with Crippen LogP contribution in [0.3, 0.4) is 0 Å². The van der Waals surface area contributed by atoms with E-state index in [1.165, 1.54) is 6.07 Å². The lowest BCUT2D eigenvalue weighted by atomic mass is 9.86. The van der Waals surface area contributed by atoms with E-state index in [1.54, 1.807) is 19.2 Å². The van der Waals surface area contributed by atoms with Crippen molar-refractivity contribution in [1.82, 2.24) is 0 Å². The van der Waals surface area contributed by atoms with Crippen LogP contribution in [0, 0.1) is 0 Å². The van der Waals surface area contributed by atoms with Gasteiger partial charge in [0, 0.05) is 18.7 Å². The lowest BCUT2D eigenvalue weighted by Gasteiger charge is -2.40. The molecule has 2 aromatic carbocycles. The van der Waals surface area contributed by atoms with Crippen LogP contribution in [0.25, 0.3) is 0 Å². The average molecular weight is 434 g/mol. The molecule has 0 radical (unpaired) electrons. The van der Waals surface area contributed by atoms with Crippen molar-refractivity contribution in [2.24, 2.45) is 0 Å². The Balaban J connectivity index is 1.57. The number of benzene rings is 2. The summed E-state index contributed by atoms with van der Waals surface area (Å²) >= 11 is 0. The fraction of sp³-hybridized carbons (Fsp3) is 0.455. The molecular formula is C22H26O9. The molecule has 9 nitrogen and oxygen atoms in total. The van der Waals surface area contributed by atoms with Crippen LogP contribution in [0.4, 0.5) is 0 Å². The highest BCUT2D eigenvalue weighted by molar-refractivity contribution is 5.45. The molecule has 1 fully saturated rings. The zero-order valence-electron chi connectivity index (χ0n) is 16.8. The maximum absolute atomic E-state index is 10.7. The average Bonchev–Trinajstić information content (AvgIpc) is 2.78. The molecule has 2 aliphatic heterocycles. The Morgan fingerprint density at radius 3 is 2.35 bits per heavy atom. The van der Waals surface area contributed by atoms with Gasteiger partial charge in [-0.3, -0.25) is 0 Å². The van der Waals surface area contributed by atoms with Gasteiger partial charge in [-0.1, -0.05) is 30.3 Å². The van der Waals surface area contributed by atoms with Gasteiger partial charge in [0.15, 0.2) is 0 Å². The normalized spacial score (nSPS) is 35.2. The molecule has 1 saturated heterocycles. The summed E-state index contributed by atoms with van der Waals surface area (Å²) < 4.78 is 22.4. The van der Waals surface area contributed by atoms with Gasteiger partial charge in [0.25, 0.3) is 0 Å². The molecule has 0 aliphatic carbocycles. The lowest BCUT2D eigenvalue weighted by Crippen LogP contribution is -2.60. The van der Waals surface area contributed by atoms with Gasteiger partial charge in [0.1, 0.15) is 35.9 Å². The highest BCUT2D eigenvalue weighted by atomic mass is 16.7. The molecule has 168 valence electrons. The van der Waals surface area contributed by atoms with Crippen LogP contribution in [0.1, 0.15) is 23.1 Å². The van der Waals surface area contributed by atoms with Crippen LogP contribution in [0.2, 0.25) is 0 Å². The van der Waals surface area contributed by atoms with E-state index in [-0.39, 0.29) is 5.75 Å². The Hall–Kier alpha value is -2.24. The second-order valence-corrected chi connectivity index (χ2v) is 7.62. The minimum Gasteiger partial charge on any atom is -0.464 e. The van der Waals surface area contributed by atoms with E-state index >= 15 is 0 Å². The molecule has 31 heavy (non-hydrogen) atoms. The molecule has 8 atom stereocenters. The fourth-order valence-corrected chi connectivity index (χ4v) is 4.06. The van der Waals surface area contributed by atoms with Crippen LogP contribution >= 0.6 is 0 Å². The predicted octanol–water partition coefficient (Wildman–Crippen LogP) is 0.0474. The van der Waals surface area contributed by atoms with Gasteiger partial charge in [-0.05, 0) is 17.7 Å². The van der Waals surface area contributed by atoms with E-state index < -0.39 is 55.6 Å². The van der Waals surface area contributed by atoms with Crippen molar-refractivity contribution in [3.63, 3.8) is 0 Å². The van der Waals surface area contributed by atoms with Crippen molar-refractivity contribution in [2.45, 2.75) is 49.0 Å². The Kier molecular flexibility index (Phi) is 6.44. The van der Waals surface area contributed by atoms with Gasteiger partial charge in [-0.25, -0.2) is 0 Å². The van der Waals surface area contributed by atoms with E-state index in [9.17, 15) is 25.5 Å². The molecule has 3 unspecified atom stereocenters. The fourth-order valence-electron chi connectivity index (χ4n) is 4.06. The summed E-state index contributed by atoms with van der Waals surface area (Å²) in [4.78, 5) is 0. The first kappa shape index (κ1) is 22.0. The number of methoxy groups -OCH3 is 1. The zero-order valence-corrected chi connectivity index (χ0v) is 16.8. The number of hydrogen-bond donors (Lipinski definition) is 5. The number of fused-ring (bicyclic) bond motifs is 1. The van der Waals surface area contributed by atoms with Crippen LogP contribution in [-0.2, 0) is 9.47 Å². The number of ether oxygens (including phenoxy) is 4. The summed E-state index contributed by atoms with van der Waals surface area (Å²) in [6.45, 7) is -0.555. The largest absolute Gasteiger partial charge is 0.464 e. The van der Waals surface area contributed by atoms with Crippen molar-refractivity contribution in [1.29, 1.82) is 0 Å². The molecule has 0 spiro atoms. The Morgan fingerprint density at radius 1 is 0.935 bits per heavy atom. The number of hydrogen-bond acceptors (Lipinski definition) is 9. The third-order valence-electron chi connectivity index (χ3n) is 5.71. The third kappa shape index (κ3) is 4.13. The Bertz CT molecular complexity index is 875. The third-order valence-corrected chi connectivity index (χ3v) is 5.71. The first-order chi connectivity index (χ1) is 14.9. The highest BCUT2D eigenvalue weighted by Crippen LogP contribution is 2.46. The molecule has 0 saturated carbocycles. The summed E-state index contributed by atoms with van der Waals surface area (Å²) in [5.74, 6) is 0.146. The van der Waals surface area contributed by atoms with Crippen LogP contribution in [-0.4, -0.2) is 76.2 Å². The molecule has 0 amide bonds. The van der Waals surface area contributed by atoms with Gasteiger partial charge in [0.2, 0.25) is 12.6 Å². The maximum Gasteiger partial charge on any atom is 0.229 e. The van der Waals surface area contributed by atoms with Gasteiger partial charge in [0.05, 0.1) is 18.6 Å². The van der Waals surface area contributed by atoms with Crippen molar-refractivity contribution < 1.29 is 44.5 Å². The Morgan fingerprint density at radius 2 is 1.68 bits per heavy atom. The van der Waals surface area contributed by atoms with Crippen molar-refractivity contribution >= 4 is 0 Å². The first-order valence-electron chi connectivity index (χ1n) is 9.98. The van der Waals surface area contributed by atoms with Crippen LogP contribution < -0.4 is 9.47 Å². The van der Waals surface area contributed by atoms with Gasteiger partial charge in [-0.2, -0.15) is 0 Å². The van der Waals surface area contributed by atoms with Gasteiger partial charge >= 0.3 is 0 Å². The molecular weight excluding hydrogens is 408 g/mol. The second kappa shape index (κ2) is 9.09. The van der Waals surface area contributed by atoms with Gasteiger partial charge < -0.3 is 44.5 Å². The molecule has 5 N–H and O–H groups in total. The molecule has 4 rings (SSSR count). The van der Waals surface area contributed by atoms with E-state index in [4.69, 9.17) is 18.9 Å². The molecule has 9 heteroatoms. The highest BCUT2D eigenvalue weighted by Gasteiger charge is 2.45. The summed E-state index contributed by atoms with van der Waals surface area (Å²) in [6.07, 6.45) is -8.59. The number of rotatable bonds is 5. The minimum atomic E-state index is -1.55. The van der Waals surface area contributed by atoms with Gasteiger partial charge in [-0.15, -0.1) is 0 Å². The number of aliphatic hydroxyl groups is 5. The summed E-state index contributed by atoms with van der Waals surface area (Å²) in [6, 6.07) is 14.3. The van der Waals surface area contributed by atoms with E-state index in [2.05, 4.69) is 0 Å². The molecule has 2 aliphatic rings. The van der Waals surface area contributed by atoms with Crippen molar-refractivity contribution in [2.75, 3.05) is 13.7 Å². The van der Waals surface area contributed by atoms with E-state index in [0.29, 0.717) is 11.3 Å². The molecule has 0 aromatic heterocycles. The molecule has 2 heterocycles. The van der Waals surface area contributed by atoms with Crippen molar-refractivity contribution in [3.8, 4) is 11.5 Å². The van der Waals surface area contributed by atoms with Crippen molar-refractivity contribution in [3.05, 3.63) is 59.7 Å². The quantitative estimate of drug-likeness (QED) is 0.442. The van der Waals surface area contributed by atoms with Crippen LogP contribution in [0.15, 0.2) is 48.5 Å². The first-order valence-corrected chi connectivity index (χ1v) is 9.98. The maximum atomic E-state index is 10.7. The second-order valence-electron chi connectivity index (χ2n) is 7.62. The summed E-state index contributed by atoms with van der Waals surface area (Å²) in [5.41, 5.74) is 1.58. The molecule has 0 bridgehead atoms. The smallest absolute Gasteiger partial charge is 0.229 e. The zero-order chi connectivity index (χ0) is 22.1. The topological polar surface area (TPSA) is 138 Å². The standard InChI is InChI=1S/C22H26O9/c1-28-20-13-8-7-12(29-22-19(26)18(25)17(24)15(10-23)31-22)9-14(13)30-21(27)16(20)11-5-3-2-4-6-11/h2-9,15-27H,10H2,1H3/t15-,16?,17-,18+,19-,20?,21?,22-/m1/s1. The van der Waals surface area contributed by atoms with E-state index in [1.807, 2.05) is 30.3 Å². The van der Waals surface area contributed by atoms with Crippen LogP contribution in [0.5, 0.6) is 11.5 Å². The Labute approximate surface area is 179 Å².